The van der Waals surface area contributed by atoms with Crippen LogP contribution in [0.15, 0.2) is 48.5 Å². The van der Waals surface area contributed by atoms with E-state index in [1.54, 1.807) is 0 Å². The zero-order chi connectivity index (χ0) is 19.4. The van der Waals surface area contributed by atoms with Crippen LogP contribution in [-0.2, 0) is 6.42 Å². The molecule has 0 saturated heterocycles. The zero-order valence-corrected chi connectivity index (χ0v) is 16.5. The van der Waals surface area contributed by atoms with Crippen molar-refractivity contribution >= 4 is 11.6 Å². The monoisotopic (exact) mass is 361 g/mol. The van der Waals surface area contributed by atoms with Crippen LogP contribution in [0.2, 0.25) is 0 Å². The highest BCUT2D eigenvalue weighted by Gasteiger charge is 2.16. The highest BCUT2D eigenvalue weighted by Crippen LogP contribution is 2.24. The van der Waals surface area contributed by atoms with Gasteiger partial charge in [0.2, 0.25) is 0 Å². The van der Waals surface area contributed by atoms with E-state index >= 15 is 0 Å². The third-order valence-electron chi connectivity index (χ3n) is 4.84. The molecule has 0 aliphatic rings. The predicted molar refractivity (Wildman–Crippen MR) is 111 cm³/mol. The number of anilines is 1. The highest BCUT2D eigenvalue weighted by molar-refractivity contribution is 6.04. The van der Waals surface area contributed by atoms with Gasteiger partial charge in [-0.15, -0.1) is 0 Å². The second kappa shape index (κ2) is 8.21. The second-order valence-corrected chi connectivity index (χ2v) is 7.05. The molecule has 140 valence electrons. The second-order valence-electron chi connectivity index (χ2n) is 7.05. The van der Waals surface area contributed by atoms with Gasteiger partial charge in [-0.1, -0.05) is 43.2 Å². The lowest BCUT2D eigenvalue weighted by Gasteiger charge is -2.08. The number of unbranched alkanes of at least 4 members (excludes halogenated alkanes) is 1. The van der Waals surface area contributed by atoms with Crippen molar-refractivity contribution in [2.45, 2.75) is 47.0 Å². The fourth-order valence-electron chi connectivity index (χ4n) is 3.15. The number of nitrogens with one attached hydrogen (secondary N) is 1. The Bertz CT molecular complexity index is 922. The number of rotatable bonds is 6. The van der Waals surface area contributed by atoms with E-state index in [-0.39, 0.29) is 5.91 Å². The first-order chi connectivity index (χ1) is 13.0. The summed E-state index contributed by atoms with van der Waals surface area (Å²) in [5.41, 5.74) is 6.63. The Labute approximate surface area is 161 Å². The highest BCUT2D eigenvalue weighted by atomic mass is 16.1. The minimum Gasteiger partial charge on any atom is -0.319 e. The minimum absolute atomic E-state index is 0.105. The van der Waals surface area contributed by atoms with Gasteiger partial charge in [0.15, 0.2) is 0 Å². The van der Waals surface area contributed by atoms with Gasteiger partial charge in [-0.25, -0.2) is 4.68 Å². The largest absolute Gasteiger partial charge is 0.319 e. The van der Waals surface area contributed by atoms with Gasteiger partial charge < -0.3 is 5.32 Å². The Morgan fingerprint density at radius 2 is 1.67 bits per heavy atom. The number of aromatic nitrogens is 2. The van der Waals surface area contributed by atoms with Gasteiger partial charge in [-0.3, -0.25) is 4.79 Å². The average Bonchev–Trinajstić information content (AvgIpc) is 2.95. The fourth-order valence-corrected chi connectivity index (χ4v) is 3.15. The summed E-state index contributed by atoms with van der Waals surface area (Å²) in [5.74, 6) is -0.105. The Balaban J connectivity index is 1.79. The molecule has 0 bridgehead atoms. The maximum absolute atomic E-state index is 12.7. The molecule has 0 saturated carbocycles. The van der Waals surface area contributed by atoms with Gasteiger partial charge >= 0.3 is 0 Å². The number of benzene rings is 2. The molecule has 0 radical (unpaired) electrons. The van der Waals surface area contributed by atoms with Crippen molar-refractivity contribution < 1.29 is 4.79 Å². The summed E-state index contributed by atoms with van der Waals surface area (Å²) in [6, 6.07) is 16.1. The number of hydrogen-bond donors (Lipinski definition) is 1. The van der Waals surface area contributed by atoms with Gasteiger partial charge in [-0.2, -0.15) is 5.10 Å². The molecule has 3 rings (SSSR count). The molecule has 1 aromatic heterocycles. The first-order valence-electron chi connectivity index (χ1n) is 9.53. The van der Waals surface area contributed by atoms with Gasteiger partial charge in [0.25, 0.3) is 5.91 Å². The van der Waals surface area contributed by atoms with Gasteiger partial charge in [0, 0.05) is 5.56 Å². The summed E-state index contributed by atoms with van der Waals surface area (Å²) in [6.07, 6.45) is 3.40. The first kappa shape index (κ1) is 18.9. The third-order valence-corrected chi connectivity index (χ3v) is 4.84. The lowest BCUT2D eigenvalue weighted by atomic mass is 10.1. The van der Waals surface area contributed by atoms with Crippen LogP contribution < -0.4 is 5.32 Å². The maximum Gasteiger partial charge on any atom is 0.255 e. The van der Waals surface area contributed by atoms with E-state index in [9.17, 15) is 4.79 Å². The van der Waals surface area contributed by atoms with E-state index in [0.717, 1.165) is 29.2 Å². The summed E-state index contributed by atoms with van der Waals surface area (Å²) in [5, 5.41) is 7.64. The quantitative estimate of drug-likeness (QED) is 0.639. The number of hydrogen-bond acceptors (Lipinski definition) is 2. The average molecular weight is 361 g/mol. The molecule has 3 aromatic rings. The molecule has 0 unspecified atom stereocenters. The molecule has 4 nitrogen and oxygen atoms in total. The van der Waals surface area contributed by atoms with Crippen LogP contribution >= 0.6 is 0 Å². The van der Waals surface area contributed by atoms with Crippen LogP contribution in [-0.4, -0.2) is 15.7 Å². The SMILES string of the molecule is CCCCc1ccc(C(=O)Nc2c(C)nn(-c3ccc(C)cc3)c2C)cc1. The summed E-state index contributed by atoms with van der Waals surface area (Å²) in [6.45, 7) is 8.14. The summed E-state index contributed by atoms with van der Waals surface area (Å²) in [7, 11) is 0. The summed E-state index contributed by atoms with van der Waals surface area (Å²) in [4.78, 5) is 12.7. The molecular formula is C23H27N3O. The molecule has 0 aliphatic heterocycles. The minimum atomic E-state index is -0.105. The van der Waals surface area contributed by atoms with E-state index in [2.05, 4.69) is 36.4 Å². The van der Waals surface area contributed by atoms with Crippen molar-refractivity contribution in [3.8, 4) is 5.69 Å². The third kappa shape index (κ3) is 4.27. The summed E-state index contributed by atoms with van der Waals surface area (Å²) >= 11 is 0. The summed E-state index contributed by atoms with van der Waals surface area (Å²) < 4.78 is 1.87. The molecule has 4 heteroatoms. The molecule has 0 atom stereocenters. The van der Waals surface area contributed by atoms with E-state index < -0.39 is 0 Å². The number of aryl methyl sites for hydroxylation is 3. The lowest BCUT2D eigenvalue weighted by molar-refractivity contribution is 0.102. The number of amides is 1. The van der Waals surface area contributed by atoms with Crippen molar-refractivity contribution in [3.63, 3.8) is 0 Å². The Kier molecular flexibility index (Phi) is 5.75. The van der Waals surface area contributed by atoms with Crippen molar-refractivity contribution in [3.05, 3.63) is 76.6 Å². The van der Waals surface area contributed by atoms with Crippen molar-refractivity contribution in [2.75, 3.05) is 5.32 Å². The molecule has 1 heterocycles. The van der Waals surface area contributed by atoms with Crippen molar-refractivity contribution in [1.29, 1.82) is 0 Å². The lowest BCUT2D eigenvalue weighted by Crippen LogP contribution is -2.13. The van der Waals surface area contributed by atoms with E-state index in [0.29, 0.717) is 5.56 Å². The maximum atomic E-state index is 12.7. The van der Waals surface area contributed by atoms with Crippen LogP contribution in [0.4, 0.5) is 5.69 Å². The van der Waals surface area contributed by atoms with Gasteiger partial charge in [0.1, 0.15) is 0 Å². The van der Waals surface area contributed by atoms with E-state index in [1.165, 1.54) is 24.0 Å². The fraction of sp³-hybridized carbons (Fsp3) is 0.304. The van der Waals surface area contributed by atoms with Crippen LogP contribution in [0.5, 0.6) is 0 Å². The first-order valence-corrected chi connectivity index (χ1v) is 9.53. The van der Waals surface area contributed by atoms with Crippen LogP contribution in [0.3, 0.4) is 0 Å². The molecule has 1 amide bonds. The van der Waals surface area contributed by atoms with Crippen molar-refractivity contribution in [2.24, 2.45) is 0 Å². The van der Waals surface area contributed by atoms with Crippen LogP contribution in [0.25, 0.3) is 5.69 Å². The van der Waals surface area contributed by atoms with Crippen molar-refractivity contribution in [1.82, 2.24) is 9.78 Å². The number of carbonyl (C=O) groups is 1. The molecule has 27 heavy (non-hydrogen) atoms. The Morgan fingerprint density at radius 3 is 2.30 bits per heavy atom. The predicted octanol–water partition coefficient (Wildman–Crippen LogP) is 5.39. The number of nitrogens with zero attached hydrogens (tertiary/aromatic N) is 2. The molecule has 0 fully saturated rings. The zero-order valence-electron chi connectivity index (χ0n) is 16.5. The Morgan fingerprint density at radius 1 is 1.00 bits per heavy atom. The molecule has 2 aromatic carbocycles. The molecule has 0 aliphatic carbocycles. The number of carbonyl (C=O) groups excluding carboxylic acids is 1. The van der Waals surface area contributed by atoms with Crippen LogP contribution in [0.1, 0.15) is 52.6 Å². The topological polar surface area (TPSA) is 46.9 Å². The van der Waals surface area contributed by atoms with E-state index in [4.69, 9.17) is 0 Å². The molecular weight excluding hydrogens is 334 g/mol. The molecule has 0 spiro atoms. The van der Waals surface area contributed by atoms with Gasteiger partial charge in [-0.05, 0) is 63.4 Å². The van der Waals surface area contributed by atoms with Crippen LogP contribution in [0, 0.1) is 20.8 Å². The molecule has 1 N–H and O–H groups in total. The normalized spacial score (nSPS) is 10.8. The smallest absolute Gasteiger partial charge is 0.255 e. The Hall–Kier alpha value is -2.88. The van der Waals surface area contributed by atoms with E-state index in [1.807, 2.05) is 54.9 Å². The standard InChI is InChI=1S/C23H27N3O/c1-5-6-7-19-10-12-20(13-11-19)23(27)24-22-17(3)25-26(18(22)4)21-14-8-16(2)9-15-21/h8-15H,5-7H2,1-4H3,(H,24,27). The van der Waals surface area contributed by atoms with Gasteiger partial charge in [0.05, 0.1) is 22.8 Å².